The van der Waals surface area contributed by atoms with Crippen LogP contribution in [-0.4, -0.2) is 40.3 Å². The Morgan fingerprint density at radius 1 is 1.37 bits per heavy atom. The second-order valence-electron chi connectivity index (χ2n) is 5.65. The second kappa shape index (κ2) is 5.47. The molecule has 4 nitrogen and oxygen atoms in total. The minimum atomic E-state index is 0.310. The second-order valence-corrected chi connectivity index (χ2v) is 5.65. The molecule has 0 aromatic carbocycles. The van der Waals surface area contributed by atoms with Gasteiger partial charge >= 0.3 is 0 Å². The van der Waals surface area contributed by atoms with Gasteiger partial charge in [0.2, 0.25) is 0 Å². The summed E-state index contributed by atoms with van der Waals surface area (Å²) in [6.45, 7) is 4.44. The highest BCUT2D eigenvalue weighted by Gasteiger charge is 2.34. The first-order chi connectivity index (χ1) is 9.24. The summed E-state index contributed by atoms with van der Waals surface area (Å²) >= 11 is 0. The molecule has 2 atom stereocenters. The first kappa shape index (κ1) is 12.9. The van der Waals surface area contributed by atoms with Crippen LogP contribution in [0, 0.1) is 6.92 Å². The van der Waals surface area contributed by atoms with Crippen LogP contribution in [0.25, 0.3) is 0 Å². The Hall–Kier alpha value is -1.13. The summed E-state index contributed by atoms with van der Waals surface area (Å²) in [4.78, 5) is 6.91. The van der Waals surface area contributed by atoms with Crippen molar-refractivity contribution in [1.29, 1.82) is 0 Å². The summed E-state index contributed by atoms with van der Waals surface area (Å²) in [7, 11) is 0. The van der Waals surface area contributed by atoms with Gasteiger partial charge in [-0.2, -0.15) is 0 Å². The highest BCUT2D eigenvalue weighted by atomic mass is 16.5. The molecule has 4 heteroatoms. The first-order valence-corrected chi connectivity index (χ1v) is 7.25. The molecule has 2 fully saturated rings. The number of ether oxygens (including phenoxy) is 1. The van der Waals surface area contributed by atoms with Gasteiger partial charge in [0.25, 0.3) is 0 Å². The fourth-order valence-corrected chi connectivity index (χ4v) is 3.28. The van der Waals surface area contributed by atoms with Crippen LogP contribution in [0.4, 0.5) is 0 Å². The van der Waals surface area contributed by atoms with Gasteiger partial charge in [-0.15, -0.1) is 0 Å². The van der Waals surface area contributed by atoms with E-state index < -0.39 is 0 Å². The number of aryl methyl sites for hydroxylation is 1. The third-order valence-corrected chi connectivity index (χ3v) is 4.29. The van der Waals surface area contributed by atoms with Crippen molar-refractivity contribution < 1.29 is 9.84 Å². The molecule has 19 heavy (non-hydrogen) atoms. The van der Waals surface area contributed by atoms with Crippen LogP contribution in [0.3, 0.4) is 0 Å². The molecular formula is C15H22N2O2. The predicted octanol–water partition coefficient (Wildman–Crippen LogP) is 2.24. The van der Waals surface area contributed by atoms with Gasteiger partial charge in [-0.1, -0.05) is 12.8 Å². The zero-order chi connectivity index (χ0) is 13.2. The van der Waals surface area contributed by atoms with Gasteiger partial charge in [0.1, 0.15) is 5.75 Å². The normalized spacial score (nSPS) is 28.1. The number of pyridine rings is 1. The molecule has 1 saturated carbocycles. The van der Waals surface area contributed by atoms with Crippen LogP contribution in [-0.2, 0) is 11.3 Å². The van der Waals surface area contributed by atoms with Gasteiger partial charge < -0.3 is 9.84 Å². The summed E-state index contributed by atoms with van der Waals surface area (Å²) in [5.74, 6) is 0.310. The molecule has 0 amide bonds. The number of rotatable bonds is 2. The van der Waals surface area contributed by atoms with E-state index in [-0.39, 0.29) is 0 Å². The molecule has 3 rings (SSSR count). The van der Waals surface area contributed by atoms with Crippen molar-refractivity contribution in [3.05, 3.63) is 23.5 Å². The number of nitrogens with zero attached hydrogens (tertiary/aromatic N) is 2. The summed E-state index contributed by atoms with van der Waals surface area (Å²) < 4.78 is 5.88. The zero-order valence-corrected chi connectivity index (χ0v) is 11.5. The van der Waals surface area contributed by atoms with Crippen LogP contribution in [0.5, 0.6) is 5.75 Å². The Morgan fingerprint density at radius 2 is 2.21 bits per heavy atom. The van der Waals surface area contributed by atoms with Crippen molar-refractivity contribution >= 4 is 0 Å². The zero-order valence-electron chi connectivity index (χ0n) is 11.5. The lowest BCUT2D eigenvalue weighted by molar-refractivity contribution is -0.0916. The molecule has 0 spiro atoms. The van der Waals surface area contributed by atoms with E-state index in [4.69, 9.17) is 4.74 Å². The maximum absolute atomic E-state index is 9.94. The van der Waals surface area contributed by atoms with E-state index in [1.165, 1.54) is 25.7 Å². The van der Waals surface area contributed by atoms with Crippen molar-refractivity contribution in [2.24, 2.45) is 0 Å². The lowest BCUT2D eigenvalue weighted by Gasteiger charge is -2.43. The lowest BCUT2D eigenvalue weighted by Crippen LogP contribution is -2.52. The minimum Gasteiger partial charge on any atom is -0.506 e. The molecule has 104 valence electrons. The SMILES string of the molecule is Cc1ccc(O)c(CN2CCOC3CCCCC32)n1. The topological polar surface area (TPSA) is 45.6 Å². The number of hydrogen-bond acceptors (Lipinski definition) is 4. The largest absolute Gasteiger partial charge is 0.506 e. The highest BCUT2D eigenvalue weighted by molar-refractivity contribution is 5.27. The maximum Gasteiger partial charge on any atom is 0.138 e. The molecule has 1 N–H and O–H groups in total. The molecule has 0 radical (unpaired) electrons. The molecule has 1 aliphatic heterocycles. The molecule has 0 bridgehead atoms. The van der Waals surface area contributed by atoms with Crippen LogP contribution < -0.4 is 0 Å². The fraction of sp³-hybridized carbons (Fsp3) is 0.667. The minimum absolute atomic E-state index is 0.310. The van der Waals surface area contributed by atoms with E-state index >= 15 is 0 Å². The van der Waals surface area contributed by atoms with E-state index in [1.54, 1.807) is 6.07 Å². The first-order valence-electron chi connectivity index (χ1n) is 7.25. The van der Waals surface area contributed by atoms with Gasteiger partial charge in [-0.3, -0.25) is 9.88 Å². The Labute approximate surface area is 114 Å². The third-order valence-electron chi connectivity index (χ3n) is 4.29. The molecule has 2 aliphatic rings. The van der Waals surface area contributed by atoms with E-state index in [0.717, 1.165) is 31.1 Å². The van der Waals surface area contributed by atoms with Crippen LogP contribution in [0.2, 0.25) is 0 Å². The smallest absolute Gasteiger partial charge is 0.138 e. The Balaban J connectivity index is 1.75. The molecule has 1 saturated heterocycles. The molecule has 1 aromatic heterocycles. The van der Waals surface area contributed by atoms with Crippen LogP contribution in [0.15, 0.2) is 12.1 Å². The summed E-state index contributed by atoms with van der Waals surface area (Å²) in [6.07, 6.45) is 5.33. The number of aromatic nitrogens is 1. The summed E-state index contributed by atoms with van der Waals surface area (Å²) in [5.41, 5.74) is 1.76. The Bertz CT molecular complexity index is 448. The van der Waals surface area contributed by atoms with Gasteiger partial charge in [-0.25, -0.2) is 0 Å². The van der Waals surface area contributed by atoms with Crippen molar-refractivity contribution in [1.82, 2.24) is 9.88 Å². The van der Waals surface area contributed by atoms with Crippen molar-refractivity contribution in [2.75, 3.05) is 13.2 Å². The molecule has 1 aliphatic carbocycles. The Kier molecular flexibility index (Phi) is 3.71. The molecular weight excluding hydrogens is 240 g/mol. The molecule has 2 heterocycles. The number of morpholine rings is 1. The van der Waals surface area contributed by atoms with Crippen molar-refractivity contribution in [3.63, 3.8) is 0 Å². The third kappa shape index (κ3) is 2.74. The number of fused-ring (bicyclic) bond motifs is 1. The maximum atomic E-state index is 9.94. The van der Waals surface area contributed by atoms with Gasteiger partial charge in [0, 0.05) is 24.8 Å². The van der Waals surface area contributed by atoms with E-state index in [9.17, 15) is 5.11 Å². The van der Waals surface area contributed by atoms with E-state index in [0.29, 0.717) is 17.9 Å². The molecule has 1 aromatic rings. The highest BCUT2D eigenvalue weighted by Crippen LogP contribution is 2.30. The van der Waals surface area contributed by atoms with Crippen LogP contribution in [0.1, 0.15) is 37.1 Å². The van der Waals surface area contributed by atoms with E-state index in [1.807, 2.05) is 13.0 Å². The average molecular weight is 262 g/mol. The summed E-state index contributed by atoms with van der Waals surface area (Å²) in [5, 5.41) is 9.94. The quantitative estimate of drug-likeness (QED) is 0.888. The standard InChI is InChI=1S/C15H22N2O2/c1-11-6-7-14(18)12(16-11)10-17-8-9-19-15-5-3-2-4-13(15)17/h6-7,13,15,18H,2-5,8-10H2,1H3. The van der Waals surface area contributed by atoms with E-state index in [2.05, 4.69) is 9.88 Å². The van der Waals surface area contributed by atoms with Gasteiger partial charge in [-0.05, 0) is 31.9 Å². The molecule has 2 unspecified atom stereocenters. The van der Waals surface area contributed by atoms with Crippen LogP contribution >= 0.6 is 0 Å². The number of aromatic hydroxyl groups is 1. The van der Waals surface area contributed by atoms with Gasteiger partial charge in [0.05, 0.1) is 18.4 Å². The fourth-order valence-electron chi connectivity index (χ4n) is 3.28. The Morgan fingerprint density at radius 3 is 3.11 bits per heavy atom. The van der Waals surface area contributed by atoms with Crippen molar-refractivity contribution in [3.8, 4) is 5.75 Å². The average Bonchev–Trinajstić information content (AvgIpc) is 2.43. The van der Waals surface area contributed by atoms with Gasteiger partial charge in [0.15, 0.2) is 0 Å². The van der Waals surface area contributed by atoms with Crippen molar-refractivity contribution in [2.45, 2.75) is 51.3 Å². The predicted molar refractivity (Wildman–Crippen MR) is 73.0 cm³/mol. The number of hydrogen-bond donors (Lipinski definition) is 1. The summed E-state index contributed by atoms with van der Waals surface area (Å²) in [6, 6.07) is 4.10. The monoisotopic (exact) mass is 262 g/mol. The lowest BCUT2D eigenvalue weighted by atomic mass is 9.90.